The molecule has 1 aromatic rings. The largest absolute Gasteiger partial charge is 0.481 e. The summed E-state index contributed by atoms with van der Waals surface area (Å²) in [4.78, 5) is 27.5. The molecule has 1 saturated heterocycles. The molecule has 104 valence electrons. The average Bonchev–Trinajstić information content (AvgIpc) is 3.06. The first kappa shape index (κ1) is 12.8. The summed E-state index contributed by atoms with van der Waals surface area (Å²) in [6.07, 6.45) is 5.86. The molecule has 3 heterocycles. The summed E-state index contributed by atoms with van der Waals surface area (Å²) in [6, 6.07) is 3.63. The van der Waals surface area contributed by atoms with Crippen LogP contribution in [-0.2, 0) is 20.9 Å². The Bertz CT molecular complexity index is 558. The number of nitrogens with one attached hydrogen (secondary N) is 1. The SMILES string of the molecule is O=C(O)[C@@H]1[C@@H](C(=O)NCc2cccnc2)[C@H]2C=C[C@H]1O2. The zero-order chi connectivity index (χ0) is 14.1. The highest BCUT2D eigenvalue weighted by molar-refractivity contribution is 5.87. The molecule has 1 amide bonds. The van der Waals surface area contributed by atoms with Gasteiger partial charge in [0.2, 0.25) is 5.91 Å². The number of aromatic nitrogens is 1. The highest BCUT2D eigenvalue weighted by Crippen LogP contribution is 2.39. The van der Waals surface area contributed by atoms with Gasteiger partial charge in [-0.05, 0) is 11.6 Å². The maximum atomic E-state index is 12.2. The third-order valence-corrected chi connectivity index (χ3v) is 3.68. The van der Waals surface area contributed by atoms with E-state index >= 15 is 0 Å². The third kappa shape index (κ3) is 2.18. The molecule has 0 aromatic carbocycles. The van der Waals surface area contributed by atoms with E-state index < -0.39 is 30.0 Å². The van der Waals surface area contributed by atoms with Gasteiger partial charge in [0.25, 0.3) is 0 Å². The van der Waals surface area contributed by atoms with Crippen molar-refractivity contribution in [1.29, 1.82) is 0 Å². The molecule has 3 rings (SSSR count). The summed E-state index contributed by atoms with van der Waals surface area (Å²) in [7, 11) is 0. The highest BCUT2D eigenvalue weighted by atomic mass is 16.5. The van der Waals surface area contributed by atoms with Gasteiger partial charge in [-0.3, -0.25) is 14.6 Å². The van der Waals surface area contributed by atoms with E-state index in [1.807, 2.05) is 6.07 Å². The van der Waals surface area contributed by atoms with Gasteiger partial charge in [-0.15, -0.1) is 0 Å². The van der Waals surface area contributed by atoms with E-state index in [0.29, 0.717) is 6.54 Å². The number of carbonyl (C=O) groups is 2. The summed E-state index contributed by atoms with van der Waals surface area (Å²) < 4.78 is 5.47. The Morgan fingerprint density at radius 1 is 1.30 bits per heavy atom. The van der Waals surface area contributed by atoms with Gasteiger partial charge in [0.05, 0.1) is 18.1 Å². The van der Waals surface area contributed by atoms with Gasteiger partial charge in [0.15, 0.2) is 0 Å². The number of ether oxygens (including phenoxy) is 1. The van der Waals surface area contributed by atoms with Crippen molar-refractivity contribution in [2.45, 2.75) is 18.8 Å². The number of hydrogen-bond donors (Lipinski definition) is 2. The predicted molar refractivity (Wildman–Crippen MR) is 68.5 cm³/mol. The van der Waals surface area contributed by atoms with E-state index in [1.165, 1.54) is 0 Å². The van der Waals surface area contributed by atoms with Crippen molar-refractivity contribution < 1.29 is 19.4 Å². The molecule has 2 N–H and O–H groups in total. The second kappa shape index (κ2) is 5.05. The molecule has 2 aliphatic rings. The number of carboxylic acid groups (broad SMARTS) is 1. The lowest BCUT2D eigenvalue weighted by atomic mass is 9.82. The van der Waals surface area contributed by atoms with E-state index in [2.05, 4.69) is 10.3 Å². The third-order valence-electron chi connectivity index (χ3n) is 3.68. The van der Waals surface area contributed by atoms with E-state index in [1.54, 1.807) is 30.6 Å². The molecular weight excluding hydrogens is 260 g/mol. The van der Waals surface area contributed by atoms with Crippen LogP contribution < -0.4 is 5.32 Å². The fraction of sp³-hybridized carbons (Fsp3) is 0.357. The number of pyridine rings is 1. The van der Waals surface area contributed by atoms with Crippen molar-refractivity contribution in [1.82, 2.24) is 10.3 Å². The van der Waals surface area contributed by atoms with E-state index in [-0.39, 0.29) is 5.91 Å². The Labute approximate surface area is 115 Å². The zero-order valence-electron chi connectivity index (χ0n) is 10.6. The van der Waals surface area contributed by atoms with Crippen molar-refractivity contribution in [3.63, 3.8) is 0 Å². The molecule has 2 bridgehead atoms. The Hall–Kier alpha value is -2.21. The lowest BCUT2D eigenvalue weighted by Crippen LogP contribution is -2.42. The molecule has 20 heavy (non-hydrogen) atoms. The number of fused-ring (bicyclic) bond motifs is 2. The van der Waals surface area contributed by atoms with Crippen molar-refractivity contribution >= 4 is 11.9 Å². The minimum absolute atomic E-state index is 0.293. The fourth-order valence-electron chi connectivity index (χ4n) is 2.72. The predicted octanol–water partition coefficient (Wildman–Crippen LogP) is 0.352. The quantitative estimate of drug-likeness (QED) is 0.773. The Morgan fingerprint density at radius 2 is 2.05 bits per heavy atom. The van der Waals surface area contributed by atoms with E-state index in [9.17, 15) is 14.7 Å². The van der Waals surface area contributed by atoms with Gasteiger partial charge in [0, 0.05) is 18.9 Å². The Kier molecular flexibility index (Phi) is 3.23. The van der Waals surface area contributed by atoms with Gasteiger partial charge in [-0.2, -0.15) is 0 Å². The number of carbonyl (C=O) groups excluding carboxylic acids is 1. The lowest BCUT2D eigenvalue weighted by molar-refractivity contribution is -0.146. The number of amides is 1. The van der Waals surface area contributed by atoms with Gasteiger partial charge in [-0.1, -0.05) is 18.2 Å². The molecule has 4 atom stereocenters. The van der Waals surface area contributed by atoms with Crippen LogP contribution in [0.1, 0.15) is 5.56 Å². The van der Waals surface area contributed by atoms with E-state index in [0.717, 1.165) is 5.56 Å². The van der Waals surface area contributed by atoms with Crippen molar-refractivity contribution in [2.24, 2.45) is 11.8 Å². The molecule has 1 fully saturated rings. The molecule has 0 radical (unpaired) electrons. The van der Waals surface area contributed by atoms with Crippen LogP contribution in [0, 0.1) is 11.8 Å². The van der Waals surface area contributed by atoms with Crippen LogP contribution in [0.4, 0.5) is 0 Å². The van der Waals surface area contributed by atoms with Crippen molar-refractivity contribution in [2.75, 3.05) is 0 Å². The van der Waals surface area contributed by atoms with Gasteiger partial charge in [-0.25, -0.2) is 0 Å². The molecule has 0 unspecified atom stereocenters. The monoisotopic (exact) mass is 274 g/mol. The molecule has 6 nitrogen and oxygen atoms in total. The maximum absolute atomic E-state index is 12.2. The van der Waals surface area contributed by atoms with Crippen LogP contribution in [0.15, 0.2) is 36.7 Å². The number of rotatable bonds is 4. The van der Waals surface area contributed by atoms with Crippen LogP contribution in [0.5, 0.6) is 0 Å². The van der Waals surface area contributed by atoms with Crippen LogP contribution in [-0.4, -0.2) is 34.2 Å². The standard InChI is InChI=1S/C14H14N2O4/c17-13(16-7-8-2-1-5-15-6-8)11-9-3-4-10(20-9)12(11)14(18)19/h1-6,9-12H,7H2,(H,16,17)(H,18,19)/t9-,10-,11+,12+/m1/s1. The zero-order valence-corrected chi connectivity index (χ0v) is 10.6. The molecule has 0 saturated carbocycles. The van der Waals surface area contributed by atoms with Gasteiger partial charge < -0.3 is 15.2 Å². The minimum Gasteiger partial charge on any atom is -0.481 e. The lowest BCUT2D eigenvalue weighted by Gasteiger charge is -2.20. The second-order valence-electron chi connectivity index (χ2n) is 4.92. The van der Waals surface area contributed by atoms with Crippen molar-refractivity contribution in [3.05, 3.63) is 42.2 Å². The Morgan fingerprint density at radius 3 is 2.70 bits per heavy atom. The van der Waals surface area contributed by atoms with Crippen LogP contribution in [0.25, 0.3) is 0 Å². The average molecular weight is 274 g/mol. The van der Waals surface area contributed by atoms with Gasteiger partial charge >= 0.3 is 5.97 Å². The number of nitrogens with zero attached hydrogens (tertiary/aromatic N) is 1. The minimum atomic E-state index is -0.997. The molecule has 6 heteroatoms. The van der Waals surface area contributed by atoms with Crippen LogP contribution in [0.3, 0.4) is 0 Å². The fourth-order valence-corrected chi connectivity index (χ4v) is 2.72. The number of carboxylic acids is 1. The highest BCUT2D eigenvalue weighted by Gasteiger charge is 2.53. The molecule has 1 aromatic heterocycles. The smallest absolute Gasteiger partial charge is 0.310 e. The second-order valence-corrected chi connectivity index (χ2v) is 4.92. The molecular formula is C14H14N2O4. The molecule has 2 aliphatic heterocycles. The summed E-state index contributed by atoms with van der Waals surface area (Å²) in [5, 5.41) is 12.0. The van der Waals surface area contributed by atoms with E-state index in [4.69, 9.17) is 4.74 Å². The number of aliphatic carboxylic acids is 1. The summed E-state index contributed by atoms with van der Waals surface area (Å²) in [5.74, 6) is -2.76. The number of hydrogen-bond acceptors (Lipinski definition) is 4. The maximum Gasteiger partial charge on any atom is 0.310 e. The Balaban J connectivity index is 1.68. The van der Waals surface area contributed by atoms with Crippen molar-refractivity contribution in [3.8, 4) is 0 Å². The topological polar surface area (TPSA) is 88.5 Å². The first-order valence-electron chi connectivity index (χ1n) is 6.40. The molecule has 0 spiro atoms. The first-order chi connectivity index (χ1) is 9.66. The first-order valence-corrected chi connectivity index (χ1v) is 6.40. The summed E-state index contributed by atoms with van der Waals surface area (Å²) in [6.45, 7) is 0.330. The summed E-state index contributed by atoms with van der Waals surface area (Å²) in [5.41, 5.74) is 0.868. The summed E-state index contributed by atoms with van der Waals surface area (Å²) >= 11 is 0. The normalized spacial score (nSPS) is 30.4. The van der Waals surface area contributed by atoms with Crippen LogP contribution in [0.2, 0.25) is 0 Å². The van der Waals surface area contributed by atoms with Gasteiger partial charge in [0.1, 0.15) is 5.92 Å². The molecule has 0 aliphatic carbocycles. The van der Waals surface area contributed by atoms with Crippen LogP contribution >= 0.6 is 0 Å².